The van der Waals surface area contributed by atoms with Crippen LogP contribution >= 0.6 is 0 Å². The summed E-state index contributed by atoms with van der Waals surface area (Å²) in [6.07, 6.45) is 2.46. The number of carbonyl (C=O) groups is 1. The van der Waals surface area contributed by atoms with Crippen molar-refractivity contribution in [3.8, 4) is 0 Å². The second kappa shape index (κ2) is 5.88. The molecule has 1 saturated heterocycles. The van der Waals surface area contributed by atoms with Gasteiger partial charge in [0.25, 0.3) is 0 Å². The first-order valence-corrected chi connectivity index (χ1v) is 6.35. The normalized spacial score (nSPS) is 19.3. The molecule has 2 heterocycles. The Morgan fingerprint density at radius 2 is 2.47 bits per heavy atom. The summed E-state index contributed by atoms with van der Waals surface area (Å²) < 4.78 is 10.2. The van der Waals surface area contributed by atoms with Crippen molar-refractivity contribution < 1.29 is 14.3 Å². The van der Waals surface area contributed by atoms with E-state index in [1.54, 1.807) is 6.07 Å². The number of ether oxygens (including phenoxy) is 2. The summed E-state index contributed by atoms with van der Waals surface area (Å²) in [6, 6.07) is 1.96. The summed E-state index contributed by atoms with van der Waals surface area (Å²) in [4.78, 5) is 18.1. The van der Waals surface area contributed by atoms with Crippen molar-refractivity contribution >= 4 is 17.5 Å². The van der Waals surface area contributed by atoms with Gasteiger partial charge in [0.05, 0.1) is 43.8 Å². The third kappa shape index (κ3) is 2.78. The van der Waals surface area contributed by atoms with Crippen LogP contribution in [0.25, 0.3) is 0 Å². The van der Waals surface area contributed by atoms with Crippen LogP contribution in [-0.4, -0.2) is 43.9 Å². The zero-order valence-electron chi connectivity index (χ0n) is 11.3. The van der Waals surface area contributed by atoms with Gasteiger partial charge in [0.2, 0.25) is 0 Å². The second-order valence-electron chi connectivity index (χ2n) is 4.45. The van der Waals surface area contributed by atoms with Gasteiger partial charge in [-0.1, -0.05) is 6.92 Å². The van der Waals surface area contributed by atoms with Crippen LogP contribution in [0.1, 0.15) is 23.7 Å². The zero-order valence-corrected chi connectivity index (χ0v) is 11.3. The molecule has 6 nitrogen and oxygen atoms in total. The molecule has 0 amide bonds. The molecule has 1 unspecified atom stereocenters. The van der Waals surface area contributed by atoms with Gasteiger partial charge in [-0.2, -0.15) is 0 Å². The van der Waals surface area contributed by atoms with Gasteiger partial charge in [-0.25, -0.2) is 9.78 Å². The molecule has 1 aliphatic rings. The Morgan fingerprint density at radius 1 is 1.68 bits per heavy atom. The number of hydrogen-bond acceptors (Lipinski definition) is 6. The molecule has 104 valence electrons. The van der Waals surface area contributed by atoms with Gasteiger partial charge in [-0.3, -0.25) is 0 Å². The van der Waals surface area contributed by atoms with Crippen LogP contribution in [0.2, 0.25) is 0 Å². The summed E-state index contributed by atoms with van der Waals surface area (Å²) in [6.45, 7) is 4.20. The Bertz CT molecular complexity index is 464. The van der Waals surface area contributed by atoms with Crippen LogP contribution in [0.4, 0.5) is 11.5 Å². The van der Waals surface area contributed by atoms with E-state index in [1.165, 1.54) is 13.3 Å². The number of aromatic nitrogens is 1. The maximum absolute atomic E-state index is 11.6. The van der Waals surface area contributed by atoms with E-state index in [0.29, 0.717) is 24.5 Å². The first-order valence-electron chi connectivity index (χ1n) is 6.35. The molecule has 1 atom stereocenters. The number of anilines is 2. The van der Waals surface area contributed by atoms with Gasteiger partial charge < -0.3 is 20.1 Å². The molecule has 19 heavy (non-hydrogen) atoms. The van der Waals surface area contributed by atoms with Gasteiger partial charge in [0.1, 0.15) is 5.82 Å². The number of pyridine rings is 1. The first-order chi connectivity index (χ1) is 9.17. The lowest BCUT2D eigenvalue weighted by atomic mass is 10.1. The fourth-order valence-corrected chi connectivity index (χ4v) is 2.19. The van der Waals surface area contributed by atoms with Crippen LogP contribution in [0, 0.1) is 0 Å². The number of nitrogen functional groups attached to an aromatic ring is 1. The predicted molar refractivity (Wildman–Crippen MR) is 72.2 cm³/mol. The molecule has 1 fully saturated rings. The van der Waals surface area contributed by atoms with Gasteiger partial charge >= 0.3 is 5.97 Å². The van der Waals surface area contributed by atoms with Crippen LogP contribution in [0.15, 0.2) is 12.3 Å². The van der Waals surface area contributed by atoms with Gasteiger partial charge in [0, 0.05) is 6.54 Å². The molecule has 0 saturated carbocycles. The fourth-order valence-electron chi connectivity index (χ4n) is 2.19. The van der Waals surface area contributed by atoms with E-state index in [0.717, 1.165) is 18.8 Å². The van der Waals surface area contributed by atoms with Gasteiger partial charge in [-0.05, 0) is 12.5 Å². The van der Waals surface area contributed by atoms with E-state index in [4.69, 9.17) is 15.2 Å². The molecule has 0 aliphatic carbocycles. The van der Waals surface area contributed by atoms with E-state index in [-0.39, 0.29) is 6.04 Å². The van der Waals surface area contributed by atoms with Crippen LogP contribution in [0.5, 0.6) is 0 Å². The SMILES string of the molecule is CCC1COCCN1c1cc(C(=O)OC)c(N)cn1. The monoisotopic (exact) mass is 265 g/mol. The van der Waals surface area contributed by atoms with Crippen molar-refractivity contribution in [2.24, 2.45) is 0 Å². The summed E-state index contributed by atoms with van der Waals surface area (Å²) in [5.74, 6) is 0.298. The van der Waals surface area contributed by atoms with Crippen LogP contribution in [0.3, 0.4) is 0 Å². The maximum atomic E-state index is 11.6. The first kappa shape index (κ1) is 13.6. The highest BCUT2D eigenvalue weighted by atomic mass is 16.5. The molecular formula is C13H19N3O3. The number of carbonyl (C=O) groups excluding carboxylic acids is 1. The topological polar surface area (TPSA) is 77.7 Å². The van der Waals surface area contributed by atoms with E-state index < -0.39 is 5.97 Å². The maximum Gasteiger partial charge on any atom is 0.340 e. The van der Waals surface area contributed by atoms with Crippen LogP contribution in [-0.2, 0) is 9.47 Å². The molecule has 0 radical (unpaired) electrons. The predicted octanol–water partition coefficient (Wildman–Crippen LogP) is 1.07. The molecular weight excluding hydrogens is 246 g/mol. The number of nitrogens with zero attached hydrogens (tertiary/aromatic N) is 2. The number of methoxy groups -OCH3 is 1. The lowest BCUT2D eigenvalue weighted by molar-refractivity contribution is 0.0601. The smallest absolute Gasteiger partial charge is 0.340 e. The van der Waals surface area contributed by atoms with Crippen molar-refractivity contribution in [2.75, 3.05) is 37.5 Å². The van der Waals surface area contributed by atoms with Crippen molar-refractivity contribution in [3.05, 3.63) is 17.8 Å². The van der Waals surface area contributed by atoms with Crippen molar-refractivity contribution in [2.45, 2.75) is 19.4 Å². The Balaban J connectivity index is 2.31. The number of nitrogens with two attached hydrogens (primary N) is 1. The standard InChI is InChI=1S/C13H19N3O3/c1-3-9-8-19-5-4-16(9)12-6-10(13(17)18-2)11(14)7-15-12/h6-7,9H,3-5,8,14H2,1-2H3. The lowest BCUT2D eigenvalue weighted by Gasteiger charge is -2.36. The van der Waals surface area contributed by atoms with Crippen molar-refractivity contribution in [3.63, 3.8) is 0 Å². The Hall–Kier alpha value is -1.82. The summed E-state index contributed by atoms with van der Waals surface area (Å²) in [7, 11) is 1.34. The number of hydrogen-bond donors (Lipinski definition) is 1. The third-order valence-electron chi connectivity index (χ3n) is 3.32. The molecule has 0 bridgehead atoms. The Kier molecular flexibility index (Phi) is 4.21. The average Bonchev–Trinajstić information content (AvgIpc) is 2.47. The average molecular weight is 265 g/mol. The Labute approximate surface area is 112 Å². The zero-order chi connectivity index (χ0) is 13.8. The minimum atomic E-state index is -0.442. The molecule has 0 aromatic carbocycles. The van der Waals surface area contributed by atoms with E-state index >= 15 is 0 Å². The second-order valence-corrected chi connectivity index (χ2v) is 4.45. The number of morpholine rings is 1. The fraction of sp³-hybridized carbons (Fsp3) is 0.538. The molecule has 2 rings (SSSR count). The summed E-state index contributed by atoms with van der Waals surface area (Å²) in [5.41, 5.74) is 6.44. The van der Waals surface area contributed by atoms with Crippen molar-refractivity contribution in [1.29, 1.82) is 0 Å². The van der Waals surface area contributed by atoms with Gasteiger partial charge in [0.15, 0.2) is 0 Å². The van der Waals surface area contributed by atoms with E-state index in [9.17, 15) is 4.79 Å². The molecule has 2 N–H and O–H groups in total. The number of rotatable bonds is 3. The minimum absolute atomic E-state index is 0.273. The van der Waals surface area contributed by atoms with E-state index in [1.807, 2.05) is 0 Å². The Morgan fingerprint density at radius 3 is 3.16 bits per heavy atom. The molecule has 6 heteroatoms. The summed E-state index contributed by atoms with van der Waals surface area (Å²) in [5, 5.41) is 0. The highest BCUT2D eigenvalue weighted by Gasteiger charge is 2.24. The highest BCUT2D eigenvalue weighted by molar-refractivity contribution is 5.95. The molecule has 1 aromatic rings. The number of esters is 1. The quantitative estimate of drug-likeness (QED) is 0.824. The summed E-state index contributed by atoms with van der Waals surface area (Å²) >= 11 is 0. The molecule has 1 aliphatic heterocycles. The molecule has 0 spiro atoms. The van der Waals surface area contributed by atoms with Crippen molar-refractivity contribution in [1.82, 2.24) is 4.98 Å². The largest absolute Gasteiger partial charge is 0.465 e. The minimum Gasteiger partial charge on any atom is -0.465 e. The van der Waals surface area contributed by atoms with Gasteiger partial charge in [-0.15, -0.1) is 0 Å². The van der Waals surface area contributed by atoms with Crippen LogP contribution < -0.4 is 10.6 Å². The molecule has 1 aromatic heterocycles. The third-order valence-corrected chi connectivity index (χ3v) is 3.32. The lowest BCUT2D eigenvalue weighted by Crippen LogP contribution is -2.45. The van der Waals surface area contributed by atoms with E-state index in [2.05, 4.69) is 16.8 Å². The highest BCUT2D eigenvalue weighted by Crippen LogP contribution is 2.23.